The van der Waals surface area contributed by atoms with Crippen LogP contribution in [-0.2, 0) is 14.8 Å². The van der Waals surface area contributed by atoms with Gasteiger partial charge in [0.25, 0.3) is 10.0 Å². The van der Waals surface area contributed by atoms with Crippen LogP contribution in [0.1, 0.15) is 17.3 Å². The number of esters is 1. The SMILES string of the molecule is CCOC(=O)c1cccc(S(=O)(=O)Nc2ccc(F)cc2)c1. The monoisotopic (exact) mass is 323 g/mol. The van der Waals surface area contributed by atoms with Crippen LogP contribution in [0.4, 0.5) is 10.1 Å². The van der Waals surface area contributed by atoms with Crippen LogP contribution in [-0.4, -0.2) is 21.0 Å². The van der Waals surface area contributed by atoms with Crippen molar-refractivity contribution in [3.8, 4) is 0 Å². The van der Waals surface area contributed by atoms with Gasteiger partial charge in [0.2, 0.25) is 0 Å². The van der Waals surface area contributed by atoms with Crippen molar-refractivity contribution in [3.63, 3.8) is 0 Å². The molecule has 0 heterocycles. The van der Waals surface area contributed by atoms with Crippen molar-refractivity contribution in [1.29, 1.82) is 0 Å². The number of anilines is 1. The summed E-state index contributed by atoms with van der Waals surface area (Å²) in [5, 5.41) is 0. The van der Waals surface area contributed by atoms with Crippen LogP contribution in [0, 0.1) is 5.82 Å². The van der Waals surface area contributed by atoms with E-state index in [2.05, 4.69) is 4.72 Å². The lowest BCUT2D eigenvalue weighted by Gasteiger charge is -2.09. The molecular weight excluding hydrogens is 309 g/mol. The maximum Gasteiger partial charge on any atom is 0.338 e. The van der Waals surface area contributed by atoms with E-state index in [9.17, 15) is 17.6 Å². The Morgan fingerprint density at radius 1 is 1.18 bits per heavy atom. The smallest absolute Gasteiger partial charge is 0.338 e. The second-order valence-corrected chi connectivity index (χ2v) is 6.04. The summed E-state index contributed by atoms with van der Waals surface area (Å²) in [6.07, 6.45) is 0. The van der Waals surface area contributed by atoms with Gasteiger partial charge in [0.1, 0.15) is 5.82 Å². The van der Waals surface area contributed by atoms with Crippen LogP contribution in [0.15, 0.2) is 53.4 Å². The van der Waals surface area contributed by atoms with E-state index >= 15 is 0 Å². The fourth-order valence-electron chi connectivity index (χ4n) is 1.74. The first kappa shape index (κ1) is 16.0. The van der Waals surface area contributed by atoms with E-state index in [4.69, 9.17) is 4.74 Å². The van der Waals surface area contributed by atoms with Gasteiger partial charge in [0, 0.05) is 5.69 Å². The first-order valence-electron chi connectivity index (χ1n) is 6.48. The molecule has 0 amide bonds. The molecule has 22 heavy (non-hydrogen) atoms. The molecule has 0 saturated heterocycles. The molecule has 0 aliphatic rings. The number of hydrogen-bond donors (Lipinski definition) is 1. The lowest BCUT2D eigenvalue weighted by molar-refractivity contribution is 0.0526. The van der Waals surface area contributed by atoms with Crippen LogP contribution in [0.2, 0.25) is 0 Å². The minimum absolute atomic E-state index is 0.0811. The average Bonchev–Trinajstić information content (AvgIpc) is 2.50. The lowest BCUT2D eigenvalue weighted by Crippen LogP contribution is -2.14. The van der Waals surface area contributed by atoms with Gasteiger partial charge in [-0.1, -0.05) is 6.07 Å². The van der Waals surface area contributed by atoms with Gasteiger partial charge in [0.15, 0.2) is 0 Å². The number of rotatable bonds is 5. The van der Waals surface area contributed by atoms with Gasteiger partial charge < -0.3 is 4.74 Å². The van der Waals surface area contributed by atoms with Crippen LogP contribution in [0.5, 0.6) is 0 Å². The van der Waals surface area contributed by atoms with Gasteiger partial charge in [-0.05, 0) is 49.4 Å². The molecule has 2 rings (SSSR count). The summed E-state index contributed by atoms with van der Waals surface area (Å²) in [5.41, 5.74) is 0.367. The van der Waals surface area contributed by atoms with Gasteiger partial charge in [-0.3, -0.25) is 4.72 Å². The van der Waals surface area contributed by atoms with E-state index < -0.39 is 21.8 Å². The number of nitrogens with one attached hydrogen (secondary N) is 1. The standard InChI is InChI=1S/C15H14FNO4S/c1-2-21-15(18)11-4-3-5-14(10-11)22(19,20)17-13-8-6-12(16)7-9-13/h3-10,17H,2H2,1H3. The highest BCUT2D eigenvalue weighted by Gasteiger charge is 2.17. The van der Waals surface area contributed by atoms with E-state index in [1.807, 2.05) is 0 Å². The molecule has 7 heteroatoms. The zero-order valence-corrected chi connectivity index (χ0v) is 12.6. The molecule has 0 aliphatic heterocycles. The molecule has 0 radical (unpaired) electrons. The molecule has 0 saturated carbocycles. The number of hydrogen-bond acceptors (Lipinski definition) is 4. The number of sulfonamides is 1. The van der Waals surface area contributed by atoms with E-state index in [1.165, 1.54) is 36.4 Å². The quantitative estimate of drug-likeness (QED) is 0.859. The number of carbonyl (C=O) groups is 1. The molecule has 0 aliphatic carbocycles. The third-order valence-corrected chi connectivity index (χ3v) is 4.13. The Labute approximate surface area is 127 Å². The summed E-state index contributed by atoms with van der Waals surface area (Å²) in [7, 11) is -3.88. The van der Waals surface area contributed by atoms with E-state index in [0.717, 1.165) is 12.1 Å². The van der Waals surface area contributed by atoms with Crippen molar-refractivity contribution in [2.24, 2.45) is 0 Å². The Morgan fingerprint density at radius 3 is 2.50 bits per heavy atom. The maximum absolute atomic E-state index is 12.8. The van der Waals surface area contributed by atoms with E-state index in [0.29, 0.717) is 0 Å². The zero-order valence-electron chi connectivity index (χ0n) is 11.7. The largest absolute Gasteiger partial charge is 0.462 e. The Bertz CT molecular complexity index is 772. The Hall–Kier alpha value is -2.41. The van der Waals surface area contributed by atoms with Crippen molar-refractivity contribution in [3.05, 3.63) is 59.9 Å². The first-order valence-corrected chi connectivity index (χ1v) is 7.96. The van der Waals surface area contributed by atoms with Crippen LogP contribution >= 0.6 is 0 Å². The molecule has 0 bridgehead atoms. The van der Waals surface area contributed by atoms with E-state index in [-0.39, 0.29) is 22.8 Å². The predicted molar refractivity (Wildman–Crippen MR) is 79.6 cm³/mol. The number of ether oxygens (including phenoxy) is 1. The zero-order chi connectivity index (χ0) is 16.2. The third kappa shape index (κ3) is 3.82. The minimum atomic E-state index is -3.88. The van der Waals surface area contributed by atoms with Gasteiger partial charge in [-0.15, -0.1) is 0 Å². The van der Waals surface area contributed by atoms with Crippen molar-refractivity contribution in [1.82, 2.24) is 0 Å². The van der Waals surface area contributed by atoms with Crippen molar-refractivity contribution in [2.75, 3.05) is 11.3 Å². The normalized spacial score (nSPS) is 11.0. The molecule has 1 N–H and O–H groups in total. The predicted octanol–water partition coefficient (Wildman–Crippen LogP) is 2.80. The van der Waals surface area contributed by atoms with Gasteiger partial charge >= 0.3 is 5.97 Å². The lowest BCUT2D eigenvalue weighted by atomic mass is 10.2. The summed E-state index contributed by atoms with van der Waals surface area (Å²) in [4.78, 5) is 11.6. The van der Waals surface area contributed by atoms with E-state index in [1.54, 1.807) is 6.92 Å². The van der Waals surface area contributed by atoms with Crippen molar-refractivity contribution < 1.29 is 22.3 Å². The molecule has 0 spiro atoms. The highest BCUT2D eigenvalue weighted by Crippen LogP contribution is 2.18. The molecule has 0 unspecified atom stereocenters. The summed E-state index contributed by atoms with van der Waals surface area (Å²) in [6.45, 7) is 1.86. The molecule has 2 aromatic rings. The summed E-state index contributed by atoms with van der Waals surface area (Å²) in [5.74, 6) is -1.06. The summed E-state index contributed by atoms with van der Waals surface area (Å²) < 4.78 is 44.5. The van der Waals surface area contributed by atoms with Gasteiger partial charge in [-0.25, -0.2) is 17.6 Å². The Balaban J connectivity index is 2.27. The molecule has 5 nitrogen and oxygen atoms in total. The van der Waals surface area contributed by atoms with Crippen molar-refractivity contribution >= 4 is 21.7 Å². The molecular formula is C15H14FNO4S. The molecule has 0 atom stereocenters. The highest BCUT2D eigenvalue weighted by atomic mass is 32.2. The molecule has 0 fully saturated rings. The maximum atomic E-state index is 12.8. The molecule has 2 aromatic carbocycles. The fourth-order valence-corrected chi connectivity index (χ4v) is 2.84. The Morgan fingerprint density at radius 2 is 1.86 bits per heavy atom. The topological polar surface area (TPSA) is 72.5 Å². The Kier molecular flexibility index (Phi) is 4.77. The summed E-state index contributed by atoms with van der Waals surface area (Å²) >= 11 is 0. The minimum Gasteiger partial charge on any atom is -0.462 e. The fraction of sp³-hybridized carbons (Fsp3) is 0.133. The number of carbonyl (C=O) groups excluding carboxylic acids is 1. The third-order valence-electron chi connectivity index (χ3n) is 2.75. The second kappa shape index (κ2) is 6.57. The average molecular weight is 323 g/mol. The highest BCUT2D eigenvalue weighted by molar-refractivity contribution is 7.92. The van der Waals surface area contributed by atoms with Gasteiger partial charge in [-0.2, -0.15) is 0 Å². The van der Waals surface area contributed by atoms with Crippen molar-refractivity contribution in [2.45, 2.75) is 11.8 Å². The second-order valence-electron chi connectivity index (χ2n) is 4.36. The number of benzene rings is 2. The van der Waals surface area contributed by atoms with Gasteiger partial charge in [0.05, 0.1) is 17.1 Å². The molecule has 0 aromatic heterocycles. The summed E-state index contributed by atoms with van der Waals surface area (Å²) in [6, 6.07) is 10.4. The van der Waals surface area contributed by atoms with Crippen LogP contribution in [0.25, 0.3) is 0 Å². The molecule has 116 valence electrons. The first-order chi connectivity index (χ1) is 10.4. The number of halogens is 1. The van der Waals surface area contributed by atoms with Crippen LogP contribution < -0.4 is 4.72 Å². The van der Waals surface area contributed by atoms with Crippen LogP contribution in [0.3, 0.4) is 0 Å².